The molecule has 0 radical (unpaired) electrons. The Morgan fingerprint density at radius 3 is 1.91 bits per heavy atom. The van der Waals surface area contributed by atoms with Gasteiger partial charge in [-0.1, -0.05) is 17.7 Å². The maximum Gasteiger partial charge on any atom is 0.326 e. The normalized spacial score (nSPS) is 10.7. The third-order valence-electron chi connectivity index (χ3n) is 2.89. The lowest BCUT2D eigenvalue weighted by Gasteiger charge is -2.15. The van der Waals surface area contributed by atoms with Crippen LogP contribution in [0.3, 0.4) is 0 Å². The number of aryl methyl sites for hydroxylation is 3. The molecule has 8 heteroatoms. The molecule has 0 bridgehead atoms. The molecule has 122 valence electrons. The topological polar surface area (TPSA) is 135 Å². The van der Waals surface area contributed by atoms with Crippen molar-refractivity contribution in [3.8, 4) is 0 Å². The summed E-state index contributed by atoms with van der Waals surface area (Å²) in [5, 5.41) is 19.8. The van der Waals surface area contributed by atoms with E-state index in [9.17, 15) is 14.4 Å². The number of carbonyl (C=O) groups excluding carboxylic acids is 1. The quantitative estimate of drug-likeness (QED) is 0.612. The minimum atomic E-state index is -1.44. The van der Waals surface area contributed by atoms with E-state index >= 15 is 0 Å². The number of aliphatic carboxylic acids is 2. The zero-order chi connectivity index (χ0) is 15.4. The SMILES string of the molecule is Cc1cc(C)c(C(=O)N[C@@H](CC(=O)O)C(=O)O)c(C)c1.O.[AlH3]. The molecule has 0 aliphatic rings. The van der Waals surface area contributed by atoms with Crippen LogP contribution >= 0.6 is 0 Å². The summed E-state index contributed by atoms with van der Waals surface area (Å²) < 4.78 is 0. The Kier molecular flexibility index (Phi) is 9.37. The monoisotopic (exact) mass is 327 g/mol. The number of carboxylic acids is 2. The minimum absolute atomic E-state index is 0. The first-order valence-electron chi connectivity index (χ1n) is 6.05. The summed E-state index contributed by atoms with van der Waals surface area (Å²) in [7, 11) is 0. The number of carboxylic acid groups (broad SMARTS) is 2. The molecule has 0 aliphatic heterocycles. The Balaban J connectivity index is 0. The number of hydrogen-bond acceptors (Lipinski definition) is 3. The largest absolute Gasteiger partial charge is 0.481 e. The third kappa shape index (κ3) is 5.86. The summed E-state index contributed by atoms with van der Waals surface area (Å²) in [6.07, 6.45) is -0.662. The smallest absolute Gasteiger partial charge is 0.326 e. The van der Waals surface area contributed by atoms with Crippen LogP contribution in [0.4, 0.5) is 0 Å². The number of nitrogens with one attached hydrogen (secondary N) is 1. The second kappa shape index (κ2) is 9.20. The summed E-state index contributed by atoms with van der Waals surface area (Å²) in [6, 6.07) is 2.18. The Bertz CT molecular complexity index is 549. The van der Waals surface area contributed by atoms with Crippen molar-refractivity contribution in [2.24, 2.45) is 0 Å². The van der Waals surface area contributed by atoms with Crippen LogP contribution in [0.15, 0.2) is 12.1 Å². The van der Waals surface area contributed by atoms with Gasteiger partial charge in [0.2, 0.25) is 0 Å². The van der Waals surface area contributed by atoms with Crippen LogP contribution in [0, 0.1) is 20.8 Å². The van der Waals surface area contributed by atoms with E-state index in [1.54, 1.807) is 13.8 Å². The van der Waals surface area contributed by atoms with Gasteiger partial charge < -0.3 is 21.0 Å². The van der Waals surface area contributed by atoms with Crippen LogP contribution in [0.25, 0.3) is 0 Å². The Morgan fingerprint density at radius 1 is 1.09 bits per heavy atom. The van der Waals surface area contributed by atoms with Crippen LogP contribution in [0.2, 0.25) is 0 Å². The molecule has 22 heavy (non-hydrogen) atoms. The predicted octanol–water partition coefficient (Wildman–Crippen LogP) is -0.739. The molecule has 1 aromatic carbocycles. The minimum Gasteiger partial charge on any atom is -0.481 e. The highest BCUT2D eigenvalue weighted by atomic mass is 27.0. The van der Waals surface area contributed by atoms with Crippen molar-refractivity contribution >= 4 is 35.2 Å². The van der Waals surface area contributed by atoms with Crippen molar-refractivity contribution in [3.63, 3.8) is 0 Å². The average Bonchev–Trinajstić information content (AvgIpc) is 2.25. The molecular formula is C14H22AlNO6. The lowest BCUT2D eigenvalue weighted by molar-refractivity contribution is -0.145. The Morgan fingerprint density at radius 2 is 1.55 bits per heavy atom. The predicted molar refractivity (Wildman–Crippen MR) is 85.3 cm³/mol. The molecular weight excluding hydrogens is 305 g/mol. The number of rotatable bonds is 5. The van der Waals surface area contributed by atoms with E-state index in [2.05, 4.69) is 5.32 Å². The van der Waals surface area contributed by atoms with Gasteiger partial charge in [0.25, 0.3) is 5.91 Å². The number of hydrogen-bond donors (Lipinski definition) is 3. The Labute approximate surface area is 138 Å². The van der Waals surface area contributed by atoms with Gasteiger partial charge in [-0.05, 0) is 31.9 Å². The van der Waals surface area contributed by atoms with Gasteiger partial charge in [-0.15, -0.1) is 0 Å². The van der Waals surface area contributed by atoms with Crippen LogP contribution in [-0.4, -0.2) is 56.9 Å². The van der Waals surface area contributed by atoms with Gasteiger partial charge in [0.15, 0.2) is 17.4 Å². The van der Waals surface area contributed by atoms with Crippen LogP contribution in [0.1, 0.15) is 33.5 Å². The summed E-state index contributed by atoms with van der Waals surface area (Å²) in [5.74, 6) is -3.23. The highest BCUT2D eigenvalue weighted by Gasteiger charge is 2.24. The van der Waals surface area contributed by atoms with Crippen LogP contribution in [-0.2, 0) is 9.59 Å². The first-order valence-corrected chi connectivity index (χ1v) is 6.05. The van der Waals surface area contributed by atoms with Crippen LogP contribution in [0.5, 0.6) is 0 Å². The molecule has 0 unspecified atom stereocenters. The van der Waals surface area contributed by atoms with E-state index in [1.807, 2.05) is 19.1 Å². The zero-order valence-corrected chi connectivity index (χ0v) is 12.1. The molecule has 0 spiro atoms. The average molecular weight is 327 g/mol. The van der Waals surface area contributed by atoms with E-state index in [0.29, 0.717) is 5.56 Å². The molecule has 0 aromatic heterocycles. The fourth-order valence-corrected chi connectivity index (χ4v) is 2.14. The zero-order valence-electron chi connectivity index (χ0n) is 12.1. The van der Waals surface area contributed by atoms with Gasteiger partial charge in [-0.2, -0.15) is 0 Å². The van der Waals surface area contributed by atoms with E-state index in [1.165, 1.54) is 0 Å². The maximum absolute atomic E-state index is 12.1. The van der Waals surface area contributed by atoms with Gasteiger partial charge in [0, 0.05) is 5.56 Å². The van der Waals surface area contributed by atoms with E-state index in [4.69, 9.17) is 10.2 Å². The van der Waals surface area contributed by atoms with Crippen molar-refractivity contribution < 1.29 is 30.1 Å². The molecule has 0 fully saturated rings. The molecule has 0 heterocycles. The first kappa shape index (κ1) is 22.4. The highest BCUT2D eigenvalue weighted by Crippen LogP contribution is 2.16. The van der Waals surface area contributed by atoms with Gasteiger partial charge in [0.05, 0.1) is 6.42 Å². The van der Waals surface area contributed by atoms with E-state index in [0.717, 1.165) is 16.7 Å². The molecule has 1 aromatic rings. The van der Waals surface area contributed by atoms with Gasteiger partial charge in [-0.25, -0.2) is 4.79 Å². The number of benzene rings is 1. The molecule has 7 nitrogen and oxygen atoms in total. The summed E-state index contributed by atoms with van der Waals surface area (Å²) in [4.78, 5) is 33.7. The van der Waals surface area contributed by atoms with Gasteiger partial charge in [0.1, 0.15) is 6.04 Å². The summed E-state index contributed by atoms with van der Waals surface area (Å²) >= 11 is 0. The molecule has 0 saturated heterocycles. The van der Waals surface area contributed by atoms with E-state index in [-0.39, 0.29) is 22.8 Å². The number of amides is 1. The van der Waals surface area contributed by atoms with Crippen molar-refractivity contribution in [2.75, 3.05) is 0 Å². The first-order chi connectivity index (χ1) is 9.22. The van der Waals surface area contributed by atoms with Crippen LogP contribution < -0.4 is 5.32 Å². The number of carbonyl (C=O) groups is 3. The van der Waals surface area contributed by atoms with Gasteiger partial charge >= 0.3 is 11.9 Å². The van der Waals surface area contributed by atoms with Crippen molar-refractivity contribution in [2.45, 2.75) is 33.2 Å². The van der Waals surface area contributed by atoms with E-state index < -0.39 is 30.3 Å². The van der Waals surface area contributed by atoms with Crippen molar-refractivity contribution in [3.05, 3.63) is 34.4 Å². The molecule has 1 atom stereocenters. The lowest BCUT2D eigenvalue weighted by atomic mass is 9.99. The highest BCUT2D eigenvalue weighted by molar-refractivity contribution is 5.99. The second-order valence-corrected chi connectivity index (χ2v) is 4.74. The molecule has 1 amide bonds. The fourth-order valence-electron chi connectivity index (χ4n) is 2.14. The summed E-state index contributed by atoms with van der Waals surface area (Å²) in [6.45, 7) is 5.40. The third-order valence-corrected chi connectivity index (χ3v) is 2.89. The van der Waals surface area contributed by atoms with Gasteiger partial charge in [-0.3, -0.25) is 9.59 Å². The van der Waals surface area contributed by atoms with Crippen molar-refractivity contribution in [1.29, 1.82) is 0 Å². The molecule has 1 rings (SSSR count). The van der Waals surface area contributed by atoms with Crippen molar-refractivity contribution in [1.82, 2.24) is 5.32 Å². The second-order valence-electron chi connectivity index (χ2n) is 4.74. The lowest BCUT2D eigenvalue weighted by Crippen LogP contribution is -2.42. The maximum atomic E-state index is 12.1. The Hall–Kier alpha value is -1.88. The molecule has 0 saturated carbocycles. The fraction of sp³-hybridized carbons (Fsp3) is 0.357. The summed E-state index contributed by atoms with van der Waals surface area (Å²) in [5.41, 5.74) is 2.82. The standard InChI is InChI=1S/C14H17NO5.Al.H2O.3H/c1-7-4-8(2)12(9(3)5-7)13(18)15-10(14(19)20)6-11(16)17;;;;;/h4-5,10H,6H2,1-3H3,(H,15,18)(H,16,17)(H,19,20);;1H2;;;/t10-;;;;;/m0...../s1. The molecule has 5 N–H and O–H groups in total. The molecule has 0 aliphatic carbocycles.